The highest BCUT2D eigenvalue weighted by atomic mass is 35.5. The van der Waals surface area contributed by atoms with Crippen molar-refractivity contribution in [1.29, 1.82) is 0 Å². The first-order valence-corrected chi connectivity index (χ1v) is 5.55. The third-order valence-electron chi connectivity index (χ3n) is 2.31. The lowest BCUT2D eigenvalue weighted by molar-refractivity contribution is 0.921. The molecule has 5 heteroatoms. The summed E-state index contributed by atoms with van der Waals surface area (Å²) >= 11 is 12.0. The van der Waals surface area contributed by atoms with Crippen molar-refractivity contribution in [2.75, 3.05) is 0 Å². The first kappa shape index (κ1) is 11.5. The van der Waals surface area contributed by atoms with Crippen LogP contribution < -0.4 is 5.73 Å². The minimum Gasteiger partial charge on any atom is -0.334 e. The Bertz CT molecular complexity index is 520. The number of imidazole rings is 1. The van der Waals surface area contributed by atoms with Crippen molar-refractivity contribution < 1.29 is 0 Å². The van der Waals surface area contributed by atoms with Crippen LogP contribution in [-0.2, 0) is 13.6 Å². The maximum Gasteiger partial charge on any atom is 0.141 e. The van der Waals surface area contributed by atoms with Gasteiger partial charge in [0.1, 0.15) is 5.82 Å². The Balaban J connectivity index is 2.53. The van der Waals surface area contributed by atoms with E-state index in [0.717, 1.165) is 17.1 Å². The number of nitrogens with two attached hydrogens (primary N) is 1. The van der Waals surface area contributed by atoms with Gasteiger partial charge in [-0.3, -0.25) is 0 Å². The van der Waals surface area contributed by atoms with Gasteiger partial charge >= 0.3 is 0 Å². The van der Waals surface area contributed by atoms with E-state index in [9.17, 15) is 0 Å². The van der Waals surface area contributed by atoms with Gasteiger partial charge in [-0.15, -0.1) is 0 Å². The van der Waals surface area contributed by atoms with Crippen molar-refractivity contribution in [2.45, 2.75) is 6.54 Å². The van der Waals surface area contributed by atoms with Gasteiger partial charge in [0.25, 0.3) is 0 Å². The Morgan fingerprint density at radius 1 is 1.38 bits per heavy atom. The lowest BCUT2D eigenvalue weighted by Gasteiger charge is -2.04. The maximum atomic E-state index is 6.12. The van der Waals surface area contributed by atoms with E-state index in [0.29, 0.717) is 16.6 Å². The normalized spacial score (nSPS) is 10.8. The zero-order valence-electron chi connectivity index (χ0n) is 8.74. The molecule has 0 saturated heterocycles. The highest BCUT2D eigenvalue weighted by Gasteiger charge is 2.10. The number of halogens is 2. The molecule has 0 bridgehead atoms. The molecule has 0 aliphatic carbocycles. The van der Waals surface area contributed by atoms with Crippen molar-refractivity contribution >= 4 is 23.2 Å². The zero-order valence-corrected chi connectivity index (χ0v) is 10.3. The molecule has 2 aromatic rings. The minimum atomic E-state index is 0.416. The number of aryl methyl sites for hydroxylation is 1. The number of aromatic nitrogens is 2. The van der Waals surface area contributed by atoms with Gasteiger partial charge in [-0.05, 0) is 18.2 Å². The third-order valence-corrected chi connectivity index (χ3v) is 2.86. The fraction of sp³-hybridized carbons (Fsp3) is 0.182. The van der Waals surface area contributed by atoms with Crippen LogP contribution >= 0.6 is 23.2 Å². The Hall–Kier alpha value is -1.03. The molecule has 0 radical (unpaired) electrons. The molecule has 0 amide bonds. The number of rotatable bonds is 2. The van der Waals surface area contributed by atoms with Gasteiger partial charge in [-0.1, -0.05) is 23.2 Å². The molecule has 0 fully saturated rings. The average molecular weight is 256 g/mol. The summed E-state index contributed by atoms with van der Waals surface area (Å²) in [7, 11) is 1.91. The molecule has 0 unspecified atom stereocenters. The lowest BCUT2D eigenvalue weighted by Crippen LogP contribution is -1.95. The molecule has 1 aromatic carbocycles. The fourth-order valence-electron chi connectivity index (χ4n) is 1.55. The van der Waals surface area contributed by atoms with Crippen molar-refractivity contribution in [2.24, 2.45) is 12.8 Å². The van der Waals surface area contributed by atoms with Crippen LogP contribution in [-0.4, -0.2) is 9.55 Å². The quantitative estimate of drug-likeness (QED) is 0.897. The van der Waals surface area contributed by atoms with Gasteiger partial charge in [0.15, 0.2) is 0 Å². The first-order valence-electron chi connectivity index (χ1n) is 4.79. The number of hydrogen-bond acceptors (Lipinski definition) is 2. The Morgan fingerprint density at radius 2 is 2.12 bits per heavy atom. The second kappa shape index (κ2) is 4.45. The van der Waals surface area contributed by atoms with Crippen molar-refractivity contribution in [3.63, 3.8) is 0 Å². The monoisotopic (exact) mass is 255 g/mol. The summed E-state index contributed by atoms with van der Waals surface area (Å²) in [6.07, 6.45) is 1.89. The summed E-state index contributed by atoms with van der Waals surface area (Å²) < 4.78 is 1.90. The summed E-state index contributed by atoms with van der Waals surface area (Å²) in [4.78, 5) is 4.40. The van der Waals surface area contributed by atoms with Gasteiger partial charge in [-0.2, -0.15) is 0 Å². The largest absolute Gasteiger partial charge is 0.334 e. The van der Waals surface area contributed by atoms with Crippen LogP contribution in [0.2, 0.25) is 10.0 Å². The second-order valence-electron chi connectivity index (χ2n) is 3.50. The number of benzene rings is 1. The topological polar surface area (TPSA) is 43.8 Å². The van der Waals surface area contributed by atoms with E-state index >= 15 is 0 Å². The average Bonchev–Trinajstić information content (AvgIpc) is 2.60. The van der Waals surface area contributed by atoms with E-state index in [2.05, 4.69) is 4.98 Å². The molecule has 1 heterocycles. The van der Waals surface area contributed by atoms with Crippen molar-refractivity contribution in [3.05, 3.63) is 40.1 Å². The predicted octanol–water partition coefficient (Wildman–Crippen LogP) is 2.85. The molecule has 0 aliphatic rings. The third kappa shape index (κ3) is 2.07. The van der Waals surface area contributed by atoms with Crippen LogP contribution in [0.1, 0.15) is 5.69 Å². The molecule has 84 valence electrons. The van der Waals surface area contributed by atoms with Crippen LogP contribution in [0.4, 0.5) is 0 Å². The van der Waals surface area contributed by atoms with Crippen LogP contribution in [0.15, 0.2) is 24.4 Å². The zero-order chi connectivity index (χ0) is 11.7. The number of nitrogens with zero attached hydrogens (tertiary/aromatic N) is 2. The highest BCUT2D eigenvalue weighted by molar-refractivity contribution is 6.36. The van der Waals surface area contributed by atoms with Crippen LogP contribution in [0, 0.1) is 0 Å². The van der Waals surface area contributed by atoms with Crippen LogP contribution in [0.25, 0.3) is 11.4 Å². The standard InChI is InChI=1S/C11H11Cl2N3/c1-16-6-8(5-14)15-11(16)9-3-2-7(12)4-10(9)13/h2-4,6H,5,14H2,1H3. The highest BCUT2D eigenvalue weighted by Crippen LogP contribution is 2.29. The molecule has 1 aromatic heterocycles. The summed E-state index contributed by atoms with van der Waals surface area (Å²) in [5.74, 6) is 0.794. The van der Waals surface area contributed by atoms with E-state index < -0.39 is 0 Å². The molecule has 0 saturated carbocycles. The maximum absolute atomic E-state index is 6.12. The molecule has 3 nitrogen and oxygen atoms in total. The summed E-state index contributed by atoms with van der Waals surface area (Å²) in [6, 6.07) is 5.35. The molecular formula is C11H11Cl2N3. The molecule has 2 N–H and O–H groups in total. The van der Waals surface area contributed by atoms with Crippen molar-refractivity contribution in [1.82, 2.24) is 9.55 Å². The van der Waals surface area contributed by atoms with E-state index in [1.807, 2.05) is 23.9 Å². The van der Waals surface area contributed by atoms with E-state index in [4.69, 9.17) is 28.9 Å². The number of hydrogen-bond donors (Lipinski definition) is 1. The molecule has 0 aliphatic heterocycles. The van der Waals surface area contributed by atoms with Gasteiger partial charge < -0.3 is 10.3 Å². The van der Waals surface area contributed by atoms with Gasteiger partial charge in [0.2, 0.25) is 0 Å². The Morgan fingerprint density at radius 3 is 2.69 bits per heavy atom. The Labute approximate surface area is 104 Å². The van der Waals surface area contributed by atoms with Gasteiger partial charge in [0, 0.05) is 30.4 Å². The van der Waals surface area contributed by atoms with Crippen LogP contribution in [0.3, 0.4) is 0 Å². The smallest absolute Gasteiger partial charge is 0.141 e. The SMILES string of the molecule is Cn1cc(CN)nc1-c1ccc(Cl)cc1Cl. The lowest BCUT2D eigenvalue weighted by atomic mass is 10.2. The summed E-state index contributed by atoms with van der Waals surface area (Å²) in [5.41, 5.74) is 7.23. The van der Waals surface area contributed by atoms with Crippen LogP contribution in [0.5, 0.6) is 0 Å². The molecule has 2 rings (SSSR count). The van der Waals surface area contributed by atoms with Gasteiger partial charge in [0.05, 0.1) is 10.7 Å². The van der Waals surface area contributed by atoms with Crippen molar-refractivity contribution in [3.8, 4) is 11.4 Å². The summed E-state index contributed by atoms with van der Waals surface area (Å²) in [5, 5.41) is 1.20. The van der Waals surface area contributed by atoms with E-state index in [1.54, 1.807) is 12.1 Å². The molecule has 0 spiro atoms. The second-order valence-corrected chi connectivity index (χ2v) is 4.34. The minimum absolute atomic E-state index is 0.416. The fourth-order valence-corrected chi connectivity index (χ4v) is 2.04. The van der Waals surface area contributed by atoms with E-state index in [-0.39, 0.29) is 0 Å². The predicted molar refractivity (Wildman–Crippen MR) is 66.6 cm³/mol. The van der Waals surface area contributed by atoms with Gasteiger partial charge in [-0.25, -0.2) is 4.98 Å². The molecular weight excluding hydrogens is 245 g/mol. The molecule has 16 heavy (non-hydrogen) atoms. The van der Waals surface area contributed by atoms with E-state index in [1.165, 1.54) is 0 Å². The molecule has 0 atom stereocenters. The first-order chi connectivity index (χ1) is 7.61. The summed E-state index contributed by atoms with van der Waals surface area (Å²) in [6.45, 7) is 0.416. The Kier molecular flexibility index (Phi) is 3.19.